The molecule has 0 saturated heterocycles. The van der Waals surface area contributed by atoms with Gasteiger partial charge in [-0.15, -0.1) is 0 Å². The molecular weight excluding hydrogens is 243 g/mol. The Bertz CT molecular complexity index is 257. The van der Waals surface area contributed by atoms with Crippen LogP contribution >= 0.6 is 0 Å². The number of likely N-dealkylation sites (N-methyl/N-ethyl adjacent to an activating group) is 1. The van der Waals surface area contributed by atoms with Gasteiger partial charge in [0.2, 0.25) is 0 Å². The summed E-state index contributed by atoms with van der Waals surface area (Å²) >= 11 is 0. The van der Waals surface area contributed by atoms with Crippen LogP contribution in [0.15, 0.2) is 0 Å². The first-order chi connectivity index (χ1) is 8.17. The van der Waals surface area contributed by atoms with E-state index in [-0.39, 0.29) is 6.42 Å². The van der Waals surface area contributed by atoms with Gasteiger partial charge in [-0.1, -0.05) is 6.92 Å². The third-order valence-corrected chi connectivity index (χ3v) is 4.35. The Morgan fingerprint density at radius 1 is 1.28 bits per heavy atom. The van der Waals surface area contributed by atoms with Crippen LogP contribution in [-0.2, 0) is 0 Å². The molecule has 5 heteroatoms. The molecule has 1 unspecified atom stereocenters. The van der Waals surface area contributed by atoms with Gasteiger partial charge in [0, 0.05) is 12.0 Å². The molecule has 0 aromatic heterocycles. The van der Waals surface area contributed by atoms with Gasteiger partial charge in [-0.2, -0.15) is 13.2 Å². The SMILES string of the molecule is CC1CCC(C(O)CCC(F)(F)F)(N(C)C)CC1. The zero-order valence-electron chi connectivity index (χ0n) is 11.4. The number of aliphatic hydroxyl groups excluding tert-OH is 1. The molecule has 1 saturated carbocycles. The maximum atomic E-state index is 12.2. The number of hydrogen-bond acceptors (Lipinski definition) is 2. The first-order valence-electron chi connectivity index (χ1n) is 6.59. The minimum Gasteiger partial charge on any atom is -0.391 e. The summed E-state index contributed by atoms with van der Waals surface area (Å²) in [7, 11) is 3.71. The lowest BCUT2D eigenvalue weighted by Crippen LogP contribution is -2.55. The van der Waals surface area contributed by atoms with E-state index >= 15 is 0 Å². The zero-order chi connectivity index (χ0) is 14.0. The van der Waals surface area contributed by atoms with Gasteiger partial charge in [0.25, 0.3) is 0 Å². The highest BCUT2D eigenvalue weighted by Crippen LogP contribution is 2.39. The molecule has 0 aromatic carbocycles. The van der Waals surface area contributed by atoms with Crippen molar-refractivity contribution < 1.29 is 18.3 Å². The van der Waals surface area contributed by atoms with E-state index in [4.69, 9.17) is 0 Å². The van der Waals surface area contributed by atoms with E-state index in [1.165, 1.54) is 0 Å². The van der Waals surface area contributed by atoms with Crippen LogP contribution < -0.4 is 0 Å². The second kappa shape index (κ2) is 5.78. The van der Waals surface area contributed by atoms with Gasteiger partial charge in [0.05, 0.1) is 6.10 Å². The Kier molecular flexibility index (Phi) is 5.06. The minimum absolute atomic E-state index is 0.198. The normalized spacial score (nSPS) is 31.7. The van der Waals surface area contributed by atoms with Crippen LogP contribution in [0.25, 0.3) is 0 Å². The molecule has 0 aliphatic heterocycles. The van der Waals surface area contributed by atoms with E-state index in [2.05, 4.69) is 6.92 Å². The highest BCUT2D eigenvalue weighted by molar-refractivity contribution is 4.98. The summed E-state index contributed by atoms with van der Waals surface area (Å²) in [5.74, 6) is 0.605. The molecule has 0 aromatic rings. The van der Waals surface area contributed by atoms with Gasteiger partial charge >= 0.3 is 6.18 Å². The summed E-state index contributed by atoms with van der Waals surface area (Å²) in [6.07, 6.45) is -2.68. The minimum atomic E-state index is -4.18. The maximum Gasteiger partial charge on any atom is 0.389 e. The lowest BCUT2D eigenvalue weighted by molar-refractivity contribution is -0.147. The van der Waals surface area contributed by atoms with Crippen LogP contribution in [-0.4, -0.2) is 41.9 Å². The Balaban J connectivity index is 2.67. The molecule has 18 heavy (non-hydrogen) atoms. The largest absolute Gasteiger partial charge is 0.391 e. The van der Waals surface area contributed by atoms with Crippen molar-refractivity contribution in [3.05, 3.63) is 0 Å². The molecule has 1 N–H and O–H groups in total. The Morgan fingerprint density at radius 2 is 1.78 bits per heavy atom. The lowest BCUT2D eigenvalue weighted by atomic mass is 9.72. The topological polar surface area (TPSA) is 23.5 Å². The molecular formula is C13H24F3NO. The third kappa shape index (κ3) is 3.85. The van der Waals surface area contributed by atoms with E-state index in [1.54, 1.807) is 0 Å². The number of hydrogen-bond donors (Lipinski definition) is 1. The molecule has 1 aliphatic carbocycles. The van der Waals surface area contributed by atoms with Crippen molar-refractivity contribution >= 4 is 0 Å². The number of aliphatic hydroxyl groups is 1. The number of rotatable bonds is 4. The molecule has 0 spiro atoms. The summed E-state index contributed by atoms with van der Waals surface area (Å²) in [5, 5.41) is 10.2. The average Bonchev–Trinajstić information content (AvgIpc) is 2.26. The second-order valence-electron chi connectivity index (χ2n) is 5.85. The van der Waals surface area contributed by atoms with Crippen LogP contribution in [0.1, 0.15) is 45.4 Å². The number of alkyl halides is 3. The Morgan fingerprint density at radius 3 is 2.17 bits per heavy atom. The lowest BCUT2D eigenvalue weighted by Gasteiger charge is -2.47. The van der Waals surface area contributed by atoms with Gasteiger partial charge in [0.15, 0.2) is 0 Å². The van der Waals surface area contributed by atoms with E-state index in [0.717, 1.165) is 25.7 Å². The van der Waals surface area contributed by atoms with Gasteiger partial charge in [-0.3, -0.25) is 0 Å². The first kappa shape index (κ1) is 15.8. The van der Waals surface area contributed by atoms with E-state index < -0.39 is 24.2 Å². The third-order valence-electron chi connectivity index (χ3n) is 4.35. The molecule has 0 amide bonds. The summed E-state index contributed by atoms with van der Waals surface area (Å²) in [6.45, 7) is 2.15. The van der Waals surface area contributed by atoms with Crippen molar-refractivity contribution in [2.75, 3.05) is 14.1 Å². The average molecular weight is 267 g/mol. The van der Waals surface area contributed by atoms with Crippen molar-refractivity contribution in [2.24, 2.45) is 5.92 Å². The highest BCUT2D eigenvalue weighted by atomic mass is 19.4. The fourth-order valence-electron chi connectivity index (χ4n) is 2.91. The van der Waals surface area contributed by atoms with Crippen molar-refractivity contribution in [3.8, 4) is 0 Å². The highest BCUT2D eigenvalue weighted by Gasteiger charge is 2.43. The van der Waals surface area contributed by atoms with E-state index in [9.17, 15) is 18.3 Å². The predicted octanol–water partition coefficient (Wildman–Crippen LogP) is 3.20. The quantitative estimate of drug-likeness (QED) is 0.845. The molecule has 0 heterocycles. The predicted molar refractivity (Wildman–Crippen MR) is 65.3 cm³/mol. The second-order valence-corrected chi connectivity index (χ2v) is 5.85. The Hall–Kier alpha value is -0.290. The van der Waals surface area contributed by atoms with Crippen LogP contribution in [0.3, 0.4) is 0 Å². The van der Waals surface area contributed by atoms with Gasteiger partial charge in [-0.25, -0.2) is 0 Å². The summed E-state index contributed by atoms with van der Waals surface area (Å²) in [4.78, 5) is 1.92. The molecule has 2 nitrogen and oxygen atoms in total. The molecule has 0 radical (unpaired) electrons. The van der Waals surface area contributed by atoms with Gasteiger partial charge in [0.1, 0.15) is 0 Å². The van der Waals surface area contributed by atoms with Crippen LogP contribution in [0.5, 0.6) is 0 Å². The smallest absolute Gasteiger partial charge is 0.389 e. The molecule has 108 valence electrons. The van der Waals surface area contributed by atoms with Crippen LogP contribution in [0, 0.1) is 5.92 Å². The molecule has 1 atom stereocenters. The molecule has 1 fully saturated rings. The van der Waals surface area contributed by atoms with Crippen molar-refractivity contribution in [1.82, 2.24) is 4.90 Å². The van der Waals surface area contributed by atoms with Crippen molar-refractivity contribution in [3.63, 3.8) is 0 Å². The fourth-order valence-corrected chi connectivity index (χ4v) is 2.91. The summed E-state index contributed by atoms with van der Waals surface area (Å²) in [5.41, 5.74) is -0.474. The van der Waals surface area contributed by atoms with Crippen molar-refractivity contribution in [1.29, 1.82) is 0 Å². The monoisotopic (exact) mass is 267 g/mol. The fraction of sp³-hybridized carbons (Fsp3) is 1.00. The van der Waals surface area contributed by atoms with Gasteiger partial charge < -0.3 is 10.0 Å². The maximum absolute atomic E-state index is 12.2. The van der Waals surface area contributed by atoms with Crippen LogP contribution in [0.4, 0.5) is 13.2 Å². The van der Waals surface area contributed by atoms with Crippen LogP contribution in [0.2, 0.25) is 0 Å². The number of halogens is 3. The summed E-state index contributed by atoms with van der Waals surface area (Å²) < 4.78 is 36.7. The standard InChI is InChI=1S/C13H24F3NO/c1-10-4-7-12(8-5-10,17(2)3)11(18)6-9-13(14,15)16/h10-11,18H,4-9H2,1-3H3. The Labute approximate surface area is 107 Å². The van der Waals surface area contributed by atoms with E-state index in [1.807, 2.05) is 19.0 Å². The molecule has 1 rings (SSSR count). The first-order valence-corrected chi connectivity index (χ1v) is 6.59. The zero-order valence-corrected chi connectivity index (χ0v) is 11.4. The number of nitrogens with zero attached hydrogens (tertiary/aromatic N) is 1. The van der Waals surface area contributed by atoms with Crippen molar-refractivity contribution in [2.45, 2.75) is 63.3 Å². The van der Waals surface area contributed by atoms with E-state index in [0.29, 0.717) is 5.92 Å². The van der Waals surface area contributed by atoms with Gasteiger partial charge in [-0.05, 0) is 52.1 Å². The summed E-state index contributed by atoms with van der Waals surface area (Å²) in [6, 6.07) is 0. The molecule has 1 aliphatic rings. The molecule has 0 bridgehead atoms.